The molecule has 0 radical (unpaired) electrons. The van der Waals surface area contributed by atoms with Crippen LogP contribution in [0.25, 0.3) is 0 Å². The van der Waals surface area contributed by atoms with Gasteiger partial charge in [-0.2, -0.15) is 4.98 Å². The molecule has 112 valence electrons. The Hall–Kier alpha value is -1.56. The molecule has 0 spiro atoms. The lowest BCUT2D eigenvalue weighted by Crippen LogP contribution is -2.21. The maximum atomic E-state index is 9.33. The van der Waals surface area contributed by atoms with E-state index in [1.807, 2.05) is 6.92 Å². The second-order valence-electron chi connectivity index (χ2n) is 5.30. The lowest BCUT2D eigenvalue weighted by Gasteiger charge is -2.19. The molecule has 0 amide bonds. The number of nitrogens with two attached hydrogens (primary N) is 1. The Balaban J connectivity index is 1.95. The summed E-state index contributed by atoms with van der Waals surface area (Å²) in [5, 5.41) is 12.6. The number of aliphatic hydroxyl groups is 1. The molecular formula is C14H24N4O2. The van der Waals surface area contributed by atoms with E-state index >= 15 is 0 Å². The highest BCUT2D eigenvalue weighted by atomic mass is 16.5. The van der Waals surface area contributed by atoms with Crippen LogP contribution in [0.2, 0.25) is 0 Å². The summed E-state index contributed by atoms with van der Waals surface area (Å²) in [6.07, 6.45) is 5.80. The van der Waals surface area contributed by atoms with E-state index < -0.39 is 0 Å². The Morgan fingerprint density at radius 2 is 2.20 bits per heavy atom. The van der Waals surface area contributed by atoms with E-state index in [4.69, 9.17) is 10.5 Å². The monoisotopic (exact) mass is 280 g/mol. The summed E-state index contributed by atoms with van der Waals surface area (Å²) in [5.74, 6) is 1.93. The number of hydrogen-bond donors (Lipinski definition) is 3. The second-order valence-corrected chi connectivity index (χ2v) is 5.30. The molecule has 6 nitrogen and oxygen atoms in total. The van der Waals surface area contributed by atoms with Gasteiger partial charge in [-0.25, -0.2) is 4.98 Å². The topological polar surface area (TPSA) is 93.3 Å². The van der Waals surface area contributed by atoms with Crippen LogP contribution in [0.3, 0.4) is 0 Å². The van der Waals surface area contributed by atoms with Crippen molar-refractivity contribution in [3.8, 4) is 5.88 Å². The molecule has 2 atom stereocenters. The molecule has 1 fully saturated rings. The Bertz CT molecular complexity index is 428. The zero-order valence-electron chi connectivity index (χ0n) is 12.0. The lowest BCUT2D eigenvalue weighted by atomic mass is 9.97. The summed E-state index contributed by atoms with van der Waals surface area (Å²) in [5.41, 5.74) is 6.47. The molecule has 0 aliphatic heterocycles. The molecule has 0 bridgehead atoms. The van der Waals surface area contributed by atoms with Gasteiger partial charge in [-0.3, -0.25) is 0 Å². The van der Waals surface area contributed by atoms with Gasteiger partial charge in [-0.1, -0.05) is 13.3 Å². The first-order chi connectivity index (χ1) is 9.76. The molecule has 0 saturated heterocycles. The molecule has 1 aliphatic rings. The van der Waals surface area contributed by atoms with Gasteiger partial charge in [0.05, 0.1) is 6.61 Å². The van der Waals surface area contributed by atoms with E-state index in [9.17, 15) is 5.11 Å². The van der Waals surface area contributed by atoms with Crippen molar-refractivity contribution in [1.82, 2.24) is 9.97 Å². The van der Waals surface area contributed by atoms with E-state index in [2.05, 4.69) is 15.3 Å². The van der Waals surface area contributed by atoms with Crippen LogP contribution in [-0.2, 0) is 0 Å². The van der Waals surface area contributed by atoms with E-state index in [1.165, 1.54) is 12.7 Å². The molecule has 1 aliphatic carbocycles. The Morgan fingerprint density at radius 1 is 1.40 bits per heavy atom. The summed E-state index contributed by atoms with van der Waals surface area (Å²) in [6.45, 7) is 3.66. The van der Waals surface area contributed by atoms with Crippen molar-refractivity contribution in [2.75, 3.05) is 30.8 Å². The SMILES string of the molecule is CCCOc1ncnc(NCC2CCCC2CO)c1N. The summed E-state index contributed by atoms with van der Waals surface area (Å²) in [7, 11) is 0. The van der Waals surface area contributed by atoms with Crippen LogP contribution in [0.1, 0.15) is 32.6 Å². The smallest absolute Gasteiger partial charge is 0.242 e. The molecule has 4 N–H and O–H groups in total. The summed E-state index contributed by atoms with van der Waals surface area (Å²) in [6, 6.07) is 0. The van der Waals surface area contributed by atoms with Crippen molar-refractivity contribution >= 4 is 11.5 Å². The number of aliphatic hydroxyl groups excluding tert-OH is 1. The summed E-state index contributed by atoms with van der Waals surface area (Å²) < 4.78 is 5.48. The molecule has 2 unspecified atom stereocenters. The minimum absolute atomic E-state index is 0.260. The molecular weight excluding hydrogens is 256 g/mol. The van der Waals surface area contributed by atoms with E-state index in [0.29, 0.717) is 35.8 Å². The van der Waals surface area contributed by atoms with Crippen LogP contribution < -0.4 is 15.8 Å². The van der Waals surface area contributed by atoms with Crippen LogP contribution in [0.15, 0.2) is 6.33 Å². The van der Waals surface area contributed by atoms with Gasteiger partial charge in [0.25, 0.3) is 0 Å². The normalized spacial score (nSPS) is 21.9. The Kier molecular flexibility index (Phi) is 5.40. The average molecular weight is 280 g/mol. The number of aromatic nitrogens is 2. The first-order valence-electron chi connectivity index (χ1n) is 7.34. The number of ether oxygens (including phenoxy) is 1. The fourth-order valence-electron chi connectivity index (χ4n) is 2.68. The summed E-state index contributed by atoms with van der Waals surface area (Å²) >= 11 is 0. The van der Waals surface area contributed by atoms with Crippen molar-refractivity contribution in [3.05, 3.63) is 6.33 Å². The highest BCUT2D eigenvalue weighted by Crippen LogP contribution is 2.32. The average Bonchev–Trinajstić information content (AvgIpc) is 2.92. The van der Waals surface area contributed by atoms with Crippen molar-refractivity contribution in [1.29, 1.82) is 0 Å². The maximum absolute atomic E-state index is 9.33. The van der Waals surface area contributed by atoms with Crippen molar-refractivity contribution < 1.29 is 9.84 Å². The van der Waals surface area contributed by atoms with Crippen LogP contribution >= 0.6 is 0 Å². The van der Waals surface area contributed by atoms with Gasteiger partial charge >= 0.3 is 0 Å². The zero-order chi connectivity index (χ0) is 14.4. The predicted molar refractivity (Wildman–Crippen MR) is 78.6 cm³/mol. The number of anilines is 2. The third kappa shape index (κ3) is 3.50. The van der Waals surface area contributed by atoms with Crippen LogP contribution in [0.5, 0.6) is 5.88 Å². The quantitative estimate of drug-likeness (QED) is 0.703. The number of nitrogens with zero attached hydrogens (tertiary/aromatic N) is 2. The van der Waals surface area contributed by atoms with E-state index in [1.54, 1.807) is 0 Å². The highest BCUT2D eigenvalue weighted by molar-refractivity contribution is 5.66. The lowest BCUT2D eigenvalue weighted by molar-refractivity contribution is 0.199. The van der Waals surface area contributed by atoms with Gasteiger partial charge in [-0.05, 0) is 31.1 Å². The zero-order valence-corrected chi connectivity index (χ0v) is 12.0. The van der Waals surface area contributed by atoms with Gasteiger partial charge in [0.2, 0.25) is 5.88 Å². The molecule has 1 heterocycles. The Labute approximate surface area is 119 Å². The van der Waals surface area contributed by atoms with Gasteiger partial charge in [0.1, 0.15) is 12.0 Å². The number of rotatable bonds is 7. The van der Waals surface area contributed by atoms with Gasteiger partial charge in [-0.15, -0.1) is 0 Å². The standard InChI is InChI=1S/C14H24N4O2/c1-2-6-20-14-12(15)13(17-9-18-14)16-7-10-4-3-5-11(10)8-19/h9-11,19H,2-8,15H2,1H3,(H,16,17,18). The molecule has 1 aromatic heterocycles. The Morgan fingerprint density at radius 3 is 2.95 bits per heavy atom. The van der Waals surface area contributed by atoms with Crippen molar-refractivity contribution in [2.24, 2.45) is 11.8 Å². The van der Waals surface area contributed by atoms with Crippen molar-refractivity contribution in [3.63, 3.8) is 0 Å². The van der Waals surface area contributed by atoms with Gasteiger partial charge in [0.15, 0.2) is 5.82 Å². The number of nitrogens with one attached hydrogen (secondary N) is 1. The molecule has 0 aromatic carbocycles. The highest BCUT2D eigenvalue weighted by Gasteiger charge is 2.26. The second kappa shape index (κ2) is 7.28. The minimum Gasteiger partial charge on any atom is -0.476 e. The molecule has 6 heteroatoms. The largest absolute Gasteiger partial charge is 0.476 e. The molecule has 2 rings (SSSR count). The number of hydrogen-bond acceptors (Lipinski definition) is 6. The van der Waals surface area contributed by atoms with Crippen molar-refractivity contribution in [2.45, 2.75) is 32.6 Å². The predicted octanol–water partition coefficient (Wildman–Crippen LogP) is 1.67. The third-order valence-corrected chi connectivity index (χ3v) is 3.87. The van der Waals surface area contributed by atoms with Gasteiger partial charge < -0.3 is 20.9 Å². The van der Waals surface area contributed by atoms with E-state index in [-0.39, 0.29) is 6.61 Å². The third-order valence-electron chi connectivity index (χ3n) is 3.87. The first kappa shape index (κ1) is 14.8. The number of nitrogen functional groups attached to an aromatic ring is 1. The molecule has 1 aromatic rings. The van der Waals surface area contributed by atoms with Crippen LogP contribution in [0.4, 0.5) is 11.5 Å². The summed E-state index contributed by atoms with van der Waals surface area (Å²) in [4.78, 5) is 8.22. The van der Waals surface area contributed by atoms with Gasteiger partial charge in [0, 0.05) is 13.2 Å². The van der Waals surface area contributed by atoms with Crippen LogP contribution in [-0.4, -0.2) is 34.8 Å². The fraction of sp³-hybridized carbons (Fsp3) is 0.714. The first-order valence-corrected chi connectivity index (χ1v) is 7.34. The molecule has 1 saturated carbocycles. The fourth-order valence-corrected chi connectivity index (χ4v) is 2.68. The van der Waals surface area contributed by atoms with E-state index in [0.717, 1.165) is 25.8 Å². The molecule has 20 heavy (non-hydrogen) atoms. The maximum Gasteiger partial charge on any atom is 0.242 e. The minimum atomic E-state index is 0.260. The van der Waals surface area contributed by atoms with Crippen LogP contribution in [0, 0.1) is 11.8 Å².